The highest BCUT2D eigenvalue weighted by molar-refractivity contribution is 5.77. The van der Waals surface area contributed by atoms with E-state index in [4.69, 9.17) is 0 Å². The van der Waals surface area contributed by atoms with Crippen LogP contribution in [0.15, 0.2) is 0 Å². The van der Waals surface area contributed by atoms with Crippen LogP contribution in [0.25, 0.3) is 0 Å². The van der Waals surface area contributed by atoms with Crippen molar-refractivity contribution in [3.8, 4) is 0 Å². The zero-order valence-electron chi connectivity index (χ0n) is 14.7. The van der Waals surface area contributed by atoms with Gasteiger partial charge in [-0.05, 0) is 52.0 Å². The molecule has 2 fully saturated rings. The SMILES string of the molecule is CCC1CCCN(C(C)(C)CNC(=O)CC2(O)CCCC2)C1. The van der Waals surface area contributed by atoms with Crippen LogP contribution < -0.4 is 5.32 Å². The lowest BCUT2D eigenvalue weighted by Crippen LogP contribution is -2.55. The van der Waals surface area contributed by atoms with Gasteiger partial charge in [-0.3, -0.25) is 9.69 Å². The first-order valence-corrected chi connectivity index (χ1v) is 9.09. The summed E-state index contributed by atoms with van der Waals surface area (Å²) in [5.41, 5.74) is -0.756. The minimum absolute atomic E-state index is 0.00141. The lowest BCUT2D eigenvalue weighted by molar-refractivity contribution is -0.126. The third-order valence-electron chi connectivity index (χ3n) is 5.69. The van der Waals surface area contributed by atoms with Crippen LogP contribution in [-0.2, 0) is 4.79 Å². The lowest BCUT2D eigenvalue weighted by Gasteiger charge is -2.43. The first-order valence-electron chi connectivity index (χ1n) is 9.09. The van der Waals surface area contributed by atoms with E-state index in [0.717, 1.165) is 44.7 Å². The molecular weight excluding hydrogens is 276 g/mol. The molecule has 0 spiro atoms. The van der Waals surface area contributed by atoms with Crippen LogP contribution in [0.1, 0.15) is 72.1 Å². The van der Waals surface area contributed by atoms with Crippen LogP contribution in [0.3, 0.4) is 0 Å². The maximum absolute atomic E-state index is 12.2. The number of rotatable bonds is 6. The fraction of sp³-hybridized carbons (Fsp3) is 0.944. The zero-order chi connectivity index (χ0) is 16.2. The number of piperidine rings is 1. The van der Waals surface area contributed by atoms with E-state index in [1.54, 1.807) is 0 Å². The molecule has 2 aliphatic rings. The highest BCUT2D eigenvalue weighted by atomic mass is 16.3. The largest absolute Gasteiger partial charge is 0.389 e. The van der Waals surface area contributed by atoms with Gasteiger partial charge in [0.05, 0.1) is 12.0 Å². The Morgan fingerprint density at radius 1 is 1.32 bits per heavy atom. The second-order valence-corrected chi connectivity index (χ2v) is 8.06. The molecule has 0 bridgehead atoms. The fourth-order valence-corrected chi connectivity index (χ4v) is 3.95. The molecule has 1 heterocycles. The number of hydrogen-bond acceptors (Lipinski definition) is 3. The summed E-state index contributed by atoms with van der Waals surface area (Å²) in [6.45, 7) is 9.64. The first kappa shape index (κ1) is 17.7. The van der Waals surface area contributed by atoms with Crippen LogP contribution in [-0.4, -0.2) is 46.7 Å². The summed E-state index contributed by atoms with van der Waals surface area (Å²) in [6.07, 6.45) is 7.73. The first-order chi connectivity index (χ1) is 10.3. The molecule has 4 heteroatoms. The molecule has 1 aliphatic heterocycles. The second kappa shape index (κ2) is 7.31. The molecule has 0 aromatic heterocycles. The summed E-state index contributed by atoms with van der Waals surface area (Å²) in [5.74, 6) is 0.796. The predicted octanol–water partition coefficient (Wildman–Crippen LogP) is 2.70. The number of nitrogens with one attached hydrogen (secondary N) is 1. The number of carbonyl (C=O) groups is 1. The molecular formula is C18H34N2O2. The van der Waals surface area contributed by atoms with Crippen LogP contribution in [0.2, 0.25) is 0 Å². The van der Waals surface area contributed by atoms with Gasteiger partial charge in [0.15, 0.2) is 0 Å². The zero-order valence-corrected chi connectivity index (χ0v) is 14.7. The van der Waals surface area contributed by atoms with Crippen molar-refractivity contribution in [2.75, 3.05) is 19.6 Å². The minimum atomic E-state index is -0.743. The maximum atomic E-state index is 12.2. The molecule has 1 saturated heterocycles. The van der Waals surface area contributed by atoms with Crippen LogP contribution in [0.4, 0.5) is 0 Å². The smallest absolute Gasteiger partial charge is 0.222 e. The van der Waals surface area contributed by atoms with Crippen molar-refractivity contribution in [1.29, 1.82) is 0 Å². The Morgan fingerprint density at radius 2 is 2.00 bits per heavy atom. The topological polar surface area (TPSA) is 52.6 Å². The molecule has 0 radical (unpaired) electrons. The molecule has 2 N–H and O–H groups in total. The van der Waals surface area contributed by atoms with Crippen molar-refractivity contribution in [2.45, 2.75) is 83.3 Å². The molecule has 1 aliphatic carbocycles. The summed E-state index contributed by atoms with van der Waals surface area (Å²) in [6, 6.07) is 0. The number of nitrogens with zero attached hydrogens (tertiary/aromatic N) is 1. The van der Waals surface area contributed by atoms with Crippen molar-refractivity contribution in [3.05, 3.63) is 0 Å². The normalized spacial score (nSPS) is 26.1. The Balaban J connectivity index is 1.79. The third-order valence-corrected chi connectivity index (χ3v) is 5.69. The summed E-state index contributed by atoms with van der Waals surface area (Å²) in [7, 11) is 0. The number of carbonyl (C=O) groups excluding carboxylic acids is 1. The molecule has 2 rings (SSSR count). The number of likely N-dealkylation sites (tertiary alicyclic amines) is 1. The fourth-order valence-electron chi connectivity index (χ4n) is 3.95. The Labute approximate surface area is 135 Å². The molecule has 128 valence electrons. The second-order valence-electron chi connectivity index (χ2n) is 8.06. The Morgan fingerprint density at radius 3 is 2.64 bits per heavy atom. The van der Waals surface area contributed by atoms with Crippen LogP contribution in [0, 0.1) is 5.92 Å². The molecule has 1 saturated carbocycles. The van der Waals surface area contributed by atoms with Gasteiger partial charge in [0, 0.05) is 18.6 Å². The third kappa shape index (κ3) is 4.69. The molecule has 1 amide bonds. The number of hydrogen-bond donors (Lipinski definition) is 2. The van der Waals surface area contributed by atoms with Gasteiger partial charge in [-0.25, -0.2) is 0 Å². The standard InChI is InChI=1S/C18H34N2O2/c1-4-15-8-7-11-20(13-15)17(2,3)14-19-16(21)12-18(22)9-5-6-10-18/h15,22H,4-14H2,1-3H3,(H,19,21). The summed E-state index contributed by atoms with van der Waals surface area (Å²) >= 11 is 0. The molecule has 22 heavy (non-hydrogen) atoms. The quantitative estimate of drug-likeness (QED) is 0.793. The minimum Gasteiger partial charge on any atom is -0.389 e. The van der Waals surface area contributed by atoms with Gasteiger partial charge in [0.2, 0.25) is 5.91 Å². The van der Waals surface area contributed by atoms with Gasteiger partial charge in [-0.15, -0.1) is 0 Å². The summed E-state index contributed by atoms with van der Waals surface area (Å²) in [4.78, 5) is 14.7. The average Bonchev–Trinajstić information content (AvgIpc) is 2.91. The van der Waals surface area contributed by atoms with Crippen molar-refractivity contribution in [3.63, 3.8) is 0 Å². The van der Waals surface area contributed by atoms with Gasteiger partial charge < -0.3 is 10.4 Å². The molecule has 1 atom stereocenters. The van der Waals surface area contributed by atoms with E-state index in [1.807, 2.05) is 0 Å². The van der Waals surface area contributed by atoms with Gasteiger partial charge in [0.1, 0.15) is 0 Å². The molecule has 0 aromatic rings. The van der Waals surface area contributed by atoms with Gasteiger partial charge in [0.25, 0.3) is 0 Å². The summed E-state index contributed by atoms with van der Waals surface area (Å²) < 4.78 is 0. The molecule has 1 unspecified atom stereocenters. The van der Waals surface area contributed by atoms with E-state index < -0.39 is 5.60 Å². The number of amides is 1. The van der Waals surface area contributed by atoms with Gasteiger partial charge in [-0.1, -0.05) is 26.2 Å². The predicted molar refractivity (Wildman–Crippen MR) is 89.7 cm³/mol. The van der Waals surface area contributed by atoms with E-state index in [0.29, 0.717) is 6.54 Å². The number of aliphatic hydroxyl groups is 1. The van der Waals surface area contributed by atoms with E-state index in [1.165, 1.54) is 19.3 Å². The Bertz CT molecular complexity index is 375. The van der Waals surface area contributed by atoms with Gasteiger partial charge >= 0.3 is 0 Å². The monoisotopic (exact) mass is 310 g/mol. The molecule has 0 aromatic carbocycles. The van der Waals surface area contributed by atoms with Gasteiger partial charge in [-0.2, -0.15) is 0 Å². The van der Waals surface area contributed by atoms with Crippen LogP contribution in [0.5, 0.6) is 0 Å². The lowest BCUT2D eigenvalue weighted by atomic mass is 9.91. The maximum Gasteiger partial charge on any atom is 0.222 e. The van der Waals surface area contributed by atoms with Crippen LogP contribution >= 0.6 is 0 Å². The van der Waals surface area contributed by atoms with Crippen molar-refractivity contribution in [1.82, 2.24) is 10.2 Å². The average molecular weight is 310 g/mol. The van der Waals surface area contributed by atoms with E-state index in [9.17, 15) is 9.90 Å². The van der Waals surface area contributed by atoms with E-state index >= 15 is 0 Å². The van der Waals surface area contributed by atoms with E-state index in [2.05, 4.69) is 31.0 Å². The van der Waals surface area contributed by atoms with E-state index in [-0.39, 0.29) is 17.9 Å². The Hall–Kier alpha value is -0.610. The Kier molecular flexibility index (Phi) is 5.89. The highest BCUT2D eigenvalue weighted by Crippen LogP contribution is 2.32. The van der Waals surface area contributed by atoms with Crippen molar-refractivity contribution < 1.29 is 9.90 Å². The molecule has 4 nitrogen and oxygen atoms in total. The highest BCUT2D eigenvalue weighted by Gasteiger charge is 2.35. The van der Waals surface area contributed by atoms with Crippen molar-refractivity contribution >= 4 is 5.91 Å². The van der Waals surface area contributed by atoms with Crippen molar-refractivity contribution in [2.24, 2.45) is 5.92 Å². The summed E-state index contributed by atoms with van der Waals surface area (Å²) in [5, 5.41) is 13.4.